The quantitative estimate of drug-likeness (QED) is 0.195. The second-order valence-corrected chi connectivity index (χ2v) is 4.81. The Kier molecular flexibility index (Phi) is 12.5. The Labute approximate surface area is 151 Å². The van der Waals surface area contributed by atoms with Crippen molar-refractivity contribution in [3.63, 3.8) is 0 Å². The van der Waals surface area contributed by atoms with Crippen LogP contribution in [-0.2, 0) is 47.6 Å². The van der Waals surface area contributed by atoms with E-state index in [-0.39, 0.29) is 26.4 Å². The molecule has 0 aliphatic heterocycles. The zero-order valence-electron chi connectivity index (χ0n) is 15.2. The summed E-state index contributed by atoms with van der Waals surface area (Å²) in [6.45, 7) is 3.11. The van der Waals surface area contributed by atoms with Gasteiger partial charge >= 0.3 is 23.9 Å². The fraction of sp³-hybridized carbons (Fsp3) is 0.625. The number of carbonyl (C=O) groups is 4. The van der Waals surface area contributed by atoms with E-state index in [1.807, 2.05) is 0 Å². The third kappa shape index (κ3) is 11.2. The second-order valence-electron chi connectivity index (χ2n) is 4.81. The van der Waals surface area contributed by atoms with Gasteiger partial charge in [0.05, 0.1) is 13.2 Å². The molecule has 10 nitrogen and oxygen atoms in total. The van der Waals surface area contributed by atoms with Crippen LogP contribution in [0.5, 0.6) is 0 Å². The Balaban J connectivity index is 4.23. The van der Waals surface area contributed by atoms with Crippen LogP contribution in [0.2, 0.25) is 0 Å². The van der Waals surface area contributed by atoms with E-state index in [1.165, 1.54) is 28.1 Å². The minimum atomic E-state index is -1.16. The van der Waals surface area contributed by atoms with Gasteiger partial charge in [0.25, 0.3) is 0 Å². The summed E-state index contributed by atoms with van der Waals surface area (Å²) in [6.07, 6.45) is -0.779. The lowest BCUT2D eigenvalue weighted by Crippen LogP contribution is -2.27. The first-order valence-corrected chi connectivity index (χ1v) is 7.72. The lowest BCUT2D eigenvalue weighted by molar-refractivity contribution is -0.165. The fourth-order valence-corrected chi connectivity index (χ4v) is 1.35. The molecular weight excluding hydrogens is 352 g/mol. The van der Waals surface area contributed by atoms with E-state index in [0.29, 0.717) is 0 Å². The van der Waals surface area contributed by atoms with Crippen molar-refractivity contribution < 1.29 is 47.6 Å². The van der Waals surface area contributed by atoms with Crippen LogP contribution < -0.4 is 0 Å². The van der Waals surface area contributed by atoms with E-state index in [2.05, 4.69) is 0 Å². The van der Waals surface area contributed by atoms with Gasteiger partial charge < -0.3 is 28.4 Å². The standard InChI is InChI=1S/C16H24O10/c1-11(15(19)23-9-7-21-3)25-13(17)5-6-14(18)26-12(2)16(20)24-10-8-22-4/h5-6,11-12H,7-10H2,1-4H3/b6-5+. The smallest absolute Gasteiger partial charge is 0.347 e. The molecule has 148 valence electrons. The van der Waals surface area contributed by atoms with E-state index < -0.39 is 36.1 Å². The number of methoxy groups -OCH3 is 2. The molecule has 0 amide bonds. The average molecular weight is 376 g/mol. The van der Waals surface area contributed by atoms with Gasteiger partial charge in [0, 0.05) is 26.4 Å². The largest absolute Gasteiger partial charge is 0.461 e. The maximum absolute atomic E-state index is 11.5. The van der Waals surface area contributed by atoms with Crippen molar-refractivity contribution in [1.29, 1.82) is 0 Å². The monoisotopic (exact) mass is 376 g/mol. The Morgan fingerprint density at radius 3 is 1.35 bits per heavy atom. The predicted molar refractivity (Wildman–Crippen MR) is 85.9 cm³/mol. The van der Waals surface area contributed by atoms with Gasteiger partial charge in [-0.15, -0.1) is 0 Å². The van der Waals surface area contributed by atoms with Gasteiger partial charge in [-0.3, -0.25) is 0 Å². The van der Waals surface area contributed by atoms with Crippen LogP contribution in [-0.4, -0.2) is 76.7 Å². The highest BCUT2D eigenvalue weighted by atomic mass is 16.6. The highest BCUT2D eigenvalue weighted by Gasteiger charge is 2.20. The highest BCUT2D eigenvalue weighted by molar-refractivity contribution is 5.93. The number of carbonyl (C=O) groups excluding carboxylic acids is 4. The van der Waals surface area contributed by atoms with Crippen molar-refractivity contribution in [3.05, 3.63) is 12.2 Å². The summed E-state index contributed by atoms with van der Waals surface area (Å²) in [5.41, 5.74) is 0. The van der Waals surface area contributed by atoms with Crippen LogP contribution in [0.3, 0.4) is 0 Å². The van der Waals surface area contributed by atoms with Crippen LogP contribution in [0, 0.1) is 0 Å². The molecule has 0 fully saturated rings. The maximum atomic E-state index is 11.5. The van der Waals surface area contributed by atoms with Crippen molar-refractivity contribution in [3.8, 4) is 0 Å². The third-order valence-electron chi connectivity index (χ3n) is 2.67. The summed E-state index contributed by atoms with van der Waals surface area (Å²) >= 11 is 0. The van der Waals surface area contributed by atoms with E-state index >= 15 is 0 Å². The van der Waals surface area contributed by atoms with Crippen LogP contribution in [0.15, 0.2) is 12.2 Å². The minimum Gasteiger partial charge on any atom is -0.461 e. The number of hydrogen-bond donors (Lipinski definition) is 0. The van der Waals surface area contributed by atoms with Gasteiger partial charge in [0.15, 0.2) is 12.2 Å². The van der Waals surface area contributed by atoms with E-state index in [0.717, 1.165) is 12.2 Å². The molecule has 0 aliphatic rings. The topological polar surface area (TPSA) is 124 Å². The molecule has 0 saturated heterocycles. The Hall–Kier alpha value is -2.46. The van der Waals surface area contributed by atoms with Crippen molar-refractivity contribution in [1.82, 2.24) is 0 Å². The molecule has 0 aromatic rings. The van der Waals surface area contributed by atoms with Gasteiger partial charge in [-0.25, -0.2) is 19.2 Å². The molecule has 26 heavy (non-hydrogen) atoms. The Morgan fingerprint density at radius 2 is 1.04 bits per heavy atom. The molecule has 0 radical (unpaired) electrons. The molecule has 10 heteroatoms. The van der Waals surface area contributed by atoms with Crippen molar-refractivity contribution in [2.24, 2.45) is 0 Å². The van der Waals surface area contributed by atoms with Gasteiger partial charge in [-0.05, 0) is 13.8 Å². The van der Waals surface area contributed by atoms with Crippen LogP contribution in [0.1, 0.15) is 13.8 Å². The molecule has 0 bridgehead atoms. The SMILES string of the molecule is COCCOC(=O)C(C)OC(=O)/C=C/C(=O)OC(C)C(=O)OCCOC. The Bertz CT molecular complexity index is 455. The molecule has 0 aromatic carbocycles. The molecule has 0 aromatic heterocycles. The molecule has 0 N–H and O–H groups in total. The molecule has 0 saturated carbocycles. The summed E-state index contributed by atoms with van der Waals surface area (Å²) < 4.78 is 28.5. The molecule has 0 aliphatic carbocycles. The fourth-order valence-electron chi connectivity index (χ4n) is 1.35. The van der Waals surface area contributed by atoms with Crippen molar-refractivity contribution in [2.75, 3.05) is 40.6 Å². The maximum Gasteiger partial charge on any atom is 0.347 e. The molecule has 0 heterocycles. The normalized spacial score (nSPS) is 12.9. The molecule has 2 unspecified atom stereocenters. The zero-order chi connectivity index (χ0) is 19.9. The molecular formula is C16H24O10. The van der Waals surface area contributed by atoms with E-state index in [9.17, 15) is 19.2 Å². The lowest BCUT2D eigenvalue weighted by Gasteiger charge is -2.12. The van der Waals surface area contributed by atoms with Gasteiger partial charge in [0.2, 0.25) is 0 Å². The molecule has 0 rings (SSSR count). The number of esters is 4. The highest BCUT2D eigenvalue weighted by Crippen LogP contribution is 1.99. The molecule has 0 spiro atoms. The summed E-state index contributed by atoms with van der Waals surface area (Å²) in [4.78, 5) is 46.0. The van der Waals surface area contributed by atoms with E-state index in [1.54, 1.807) is 0 Å². The first-order valence-electron chi connectivity index (χ1n) is 7.72. The third-order valence-corrected chi connectivity index (χ3v) is 2.67. The van der Waals surface area contributed by atoms with Crippen LogP contribution in [0.25, 0.3) is 0 Å². The average Bonchev–Trinajstić information content (AvgIpc) is 2.60. The summed E-state index contributed by atoms with van der Waals surface area (Å²) in [5.74, 6) is -3.40. The lowest BCUT2D eigenvalue weighted by atomic mass is 10.4. The number of ether oxygens (including phenoxy) is 6. The Morgan fingerprint density at radius 1 is 0.692 bits per heavy atom. The second kappa shape index (κ2) is 13.8. The minimum absolute atomic E-state index is 0.0256. The van der Waals surface area contributed by atoms with Crippen LogP contribution in [0.4, 0.5) is 0 Å². The van der Waals surface area contributed by atoms with Gasteiger partial charge in [0.1, 0.15) is 13.2 Å². The van der Waals surface area contributed by atoms with E-state index in [4.69, 9.17) is 28.4 Å². The summed E-state index contributed by atoms with van der Waals surface area (Å²) in [5, 5.41) is 0. The number of rotatable bonds is 12. The van der Waals surface area contributed by atoms with Crippen LogP contribution >= 0.6 is 0 Å². The summed E-state index contributed by atoms with van der Waals surface area (Å²) in [7, 11) is 2.89. The zero-order valence-corrected chi connectivity index (χ0v) is 15.2. The predicted octanol–water partition coefficient (Wildman–Crippen LogP) is -0.215. The van der Waals surface area contributed by atoms with Crippen molar-refractivity contribution >= 4 is 23.9 Å². The first-order chi connectivity index (χ1) is 12.3. The van der Waals surface area contributed by atoms with Crippen molar-refractivity contribution in [2.45, 2.75) is 26.1 Å². The van der Waals surface area contributed by atoms with Gasteiger partial charge in [-0.1, -0.05) is 0 Å². The molecule has 2 atom stereocenters. The number of hydrogen-bond acceptors (Lipinski definition) is 10. The summed E-state index contributed by atoms with van der Waals surface area (Å²) in [6, 6.07) is 0. The van der Waals surface area contributed by atoms with Gasteiger partial charge in [-0.2, -0.15) is 0 Å². The first kappa shape index (κ1) is 23.5.